The van der Waals surface area contributed by atoms with Crippen LogP contribution in [0.4, 0.5) is 5.69 Å². The molecule has 0 fully saturated rings. The number of aromatic nitrogens is 2. The minimum atomic E-state index is -0.160. The number of hydrogen-bond acceptors (Lipinski definition) is 2. The van der Waals surface area contributed by atoms with E-state index in [2.05, 4.69) is 15.5 Å². The molecule has 100 valence electrons. The maximum absolute atomic E-state index is 12.2. The van der Waals surface area contributed by atoms with Crippen LogP contribution in [0.25, 0.3) is 10.9 Å². The lowest BCUT2D eigenvalue weighted by Crippen LogP contribution is -2.12. The van der Waals surface area contributed by atoms with Crippen molar-refractivity contribution in [3.8, 4) is 0 Å². The first-order valence-electron chi connectivity index (χ1n) is 6.14. The van der Waals surface area contributed by atoms with Gasteiger partial charge in [-0.15, -0.1) is 0 Å². The molecule has 0 saturated heterocycles. The molecule has 0 atom stereocenters. The van der Waals surface area contributed by atoms with Gasteiger partial charge in [-0.25, -0.2) is 0 Å². The number of amides is 1. The van der Waals surface area contributed by atoms with Crippen LogP contribution in [0.1, 0.15) is 15.9 Å². The van der Waals surface area contributed by atoms with Crippen LogP contribution in [0.3, 0.4) is 0 Å². The Morgan fingerprint density at radius 3 is 2.90 bits per heavy atom. The molecule has 20 heavy (non-hydrogen) atoms. The van der Waals surface area contributed by atoms with Crippen LogP contribution in [0.15, 0.2) is 42.6 Å². The Bertz CT molecular complexity index is 795. The third-order valence-corrected chi connectivity index (χ3v) is 3.38. The topological polar surface area (TPSA) is 57.8 Å². The van der Waals surface area contributed by atoms with E-state index in [0.717, 1.165) is 22.2 Å². The molecule has 0 aliphatic rings. The van der Waals surface area contributed by atoms with Crippen LogP contribution in [0.2, 0.25) is 5.02 Å². The lowest BCUT2D eigenvalue weighted by atomic mass is 10.1. The molecule has 0 unspecified atom stereocenters. The Balaban J connectivity index is 1.88. The van der Waals surface area contributed by atoms with E-state index in [4.69, 9.17) is 11.6 Å². The minimum Gasteiger partial charge on any atom is -0.322 e. The van der Waals surface area contributed by atoms with Crippen molar-refractivity contribution < 1.29 is 4.79 Å². The number of carbonyl (C=O) groups is 1. The number of hydrogen-bond donors (Lipinski definition) is 2. The van der Waals surface area contributed by atoms with Crippen molar-refractivity contribution in [3.63, 3.8) is 0 Å². The first-order valence-corrected chi connectivity index (χ1v) is 6.52. The van der Waals surface area contributed by atoms with Crippen molar-refractivity contribution in [2.75, 3.05) is 5.32 Å². The fraction of sp³-hybridized carbons (Fsp3) is 0.0667. The molecule has 0 spiro atoms. The zero-order valence-electron chi connectivity index (χ0n) is 10.8. The number of aromatic amines is 1. The second kappa shape index (κ2) is 4.98. The average Bonchev–Trinajstić information content (AvgIpc) is 2.89. The summed E-state index contributed by atoms with van der Waals surface area (Å²) in [5.41, 5.74) is 3.10. The number of aryl methyl sites for hydroxylation is 1. The second-order valence-electron chi connectivity index (χ2n) is 4.59. The third-order valence-electron chi connectivity index (χ3n) is 3.14. The van der Waals surface area contributed by atoms with Gasteiger partial charge in [-0.1, -0.05) is 17.7 Å². The molecule has 0 aliphatic heterocycles. The van der Waals surface area contributed by atoms with E-state index >= 15 is 0 Å². The summed E-state index contributed by atoms with van der Waals surface area (Å²) < 4.78 is 0. The number of nitrogens with zero attached hydrogens (tertiary/aromatic N) is 1. The zero-order valence-corrected chi connectivity index (χ0v) is 11.5. The standard InChI is InChI=1S/C15H12ClN3O/c1-9-6-12(16)4-5-13(9)18-15(20)10-2-3-11-8-17-19-14(11)7-10/h2-8H,1H3,(H,17,19)(H,18,20). The van der Waals surface area contributed by atoms with Gasteiger partial charge in [0.25, 0.3) is 5.91 Å². The van der Waals surface area contributed by atoms with Crippen LogP contribution < -0.4 is 5.32 Å². The van der Waals surface area contributed by atoms with E-state index in [1.54, 1.807) is 30.5 Å². The first kappa shape index (κ1) is 12.7. The Morgan fingerprint density at radius 2 is 2.10 bits per heavy atom. The number of nitrogens with one attached hydrogen (secondary N) is 2. The van der Waals surface area contributed by atoms with E-state index in [9.17, 15) is 4.79 Å². The van der Waals surface area contributed by atoms with Crippen LogP contribution in [-0.2, 0) is 0 Å². The molecule has 1 aromatic heterocycles. The monoisotopic (exact) mass is 285 g/mol. The molecule has 0 aliphatic carbocycles. The van der Waals surface area contributed by atoms with Crippen LogP contribution in [0, 0.1) is 6.92 Å². The molecule has 0 saturated carbocycles. The van der Waals surface area contributed by atoms with Gasteiger partial charge in [0, 0.05) is 21.7 Å². The smallest absolute Gasteiger partial charge is 0.255 e. The van der Waals surface area contributed by atoms with E-state index in [-0.39, 0.29) is 5.91 Å². The second-order valence-corrected chi connectivity index (χ2v) is 5.02. The van der Waals surface area contributed by atoms with E-state index < -0.39 is 0 Å². The zero-order chi connectivity index (χ0) is 14.1. The number of carbonyl (C=O) groups excluding carboxylic acids is 1. The van der Waals surface area contributed by atoms with Crippen molar-refractivity contribution in [1.82, 2.24) is 10.2 Å². The minimum absolute atomic E-state index is 0.160. The van der Waals surface area contributed by atoms with Crippen LogP contribution in [-0.4, -0.2) is 16.1 Å². The van der Waals surface area contributed by atoms with Gasteiger partial charge in [0.2, 0.25) is 0 Å². The fourth-order valence-electron chi connectivity index (χ4n) is 2.04. The summed E-state index contributed by atoms with van der Waals surface area (Å²) in [5.74, 6) is -0.160. The predicted octanol–water partition coefficient (Wildman–Crippen LogP) is 3.78. The molecular formula is C15H12ClN3O. The molecular weight excluding hydrogens is 274 g/mol. The highest BCUT2D eigenvalue weighted by Crippen LogP contribution is 2.21. The van der Waals surface area contributed by atoms with Gasteiger partial charge in [0.15, 0.2) is 0 Å². The molecule has 0 radical (unpaired) electrons. The average molecular weight is 286 g/mol. The summed E-state index contributed by atoms with van der Waals surface area (Å²) in [6, 6.07) is 10.8. The van der Waals surface area contributed by atoms with E-state index in [1.165, 1.54) is 0 Å². The maximum Gasteiger partial charge on any atom is 0.255 e. The Labute approximate surface area is 120 Å². The third kappa shape index (κ3) is 2.38. The fourth-order valence-corrected chi connectivity index (χ4v) is 2.27. The van der Waals surface area contributed by atoms with Crippen molar-refractivity contribution in [2.24, 2.45) is 0 Å². The lowest BCUT2D eigenvalue weighted by Gasteiger charge is -2.08. The Hall–Kier alpha value is -2.33. The number of anilines is 1. The summed E-state index contributed by atoms with van der Waals surface area (Å²) in [6.45, 7) is 1.90. The Kier molecular flexibility index (Phi) is 3.16. The van der Waals surface area contributed by atoms with Gasteiger partial charge in [-0.2, -0.15) is 5.10 Å². The van der Waals surface area contributed by atoms with Crippen molar-refractivity contribution in [2.45, 2.75) is 6.92 Å². The number of H-pyrrole nitrogens is 1. The summed E-state index contributed by atoms with van der Waals surface area (Å²) in [4.78, 5) is 12.2. The number of benzene rings is 2. The van der Waals surface area contributed by atoms with Crippen molar-refractivity contribution >= 4 is 34.1 Å². The van der Waals surface area contributed by atoms with Crippen molar-refractivity contribution in [3.05, 3.63) is 58.7 Å². The van der Waals surface area contributed by atoms with Gasteiger partial charge >= 0.3 is 0 Å². The number of rotatable bonds is 2. The molecule has 4 nitrogen and oxygen atoms in total. The summed E-state index contributed by atoms with van der Waals surface area (Å²) in [7, 11) is 0. The lowest BCUT2D eigenvalue weighted by molar-refractivity contribution is 0.102. The molecule has 3 rings (SSSR count). The van der Waals surface area contributed by atoms with Gasteiger partial charge < -0.3 is 5.32 Å². The largest absolute Gasteiger partial charge is 0.322 e. The van der Waals surface area contributed by atoms with Gasteiger partial charge in [0.05, 0.1) is 11.7 Å². The first-order chi connectivity index (χ1) is 9.63. The number of halogens is 1. The molecule has 1 heterocycles. The highest BCUT2D eigenvalue weighted by Gasteiger charge is 2.09. The normalized spacial score (nSPS) is 10.7. The SMILES string of the molecule is Cc1cc(Cl)ccc1NC(=O)c1ccc2cn[nH]c2c1. The molecule has 3 aromatic rings. The van der Waals surface area contributed by atoms with Gasteiger partial charge in [-0.05, 0) is 42.8 Å². The van der Waals surface area contributed by atoms with Crippen LogP contribution >= 0.6 is 11.6 Å². The van der Waals surface area contributed by atoms with E-state index in [1.807, 2.05) is 19.1 Å². The molecule has 0 bridgehead atoms. The predicted molar refractivity (Wildman–Crippen MR) is 80.2 cm³/mol. The summed E-state index contributed by atoms with van der Waals surface area (Å²) >= 11 is 5.90. The van der Waals surface area contributed by atoms with Gasteiger partial charge in [-0.3, -0.25) is 9.89 Å². The summed E-state index contributed by atoms with van der Waals surface area (Å²) in [5, 5.41) is 11.3. The van der Waals surface area contributed by atoms with Gasteiger partial charge in [0.1, 0.15) is 0 Å². The molecule has 2 N–H and O–H groups in total. The molecule has 5 heteroatoms. The van der Waals surface area contributed by atoms with Crippen LogP contribution in [0.5, 0.6) is 0 Å². The highest BCUT2D eigenvalue weighted by atomic mass is 35.5. The maximum atomic E-state index is 12.2. The Morgan fingerprint density at radius 1 is 1.25 bits per heavy atom. The number of fused-ring (bicyclic) bond motifs is 1. The highest BCUT2D eigenvalue weighted by molar-refractivity contribution is 6.30. The molecule has 1 amide bonds. The summed E-state index contributed by atoms with van der Waals surface area (Å²) in [6.07, 6.45) is 1.72. The van der Waals surface area contributed by atoms with E-state index in [0.29, 0.717) is 10.6 Å². The van der Waals surface area contributed by atoms with Crippen molar-refractivity contribution in [1.29, 1.82) is 0 Å². The molecule has 2 aromatic carbocycles. The quantitative estimate of drug-likeness (QED) is 0.753.